The first kappa shape index (κ1) is 14.3. The second-order valence-corrected chi connectivity index (χ2v) is 6.72. The predicted octanol–water partition coefficient (Wildman–Crippen LogP) is 0.958. The van der Waals surface area contributed by atoms with Gasteiger partial charge in [-0.1, -0.05) is 30.3 Å². The molecule has 0 amide bonds. The van der Waals surface area contributed by atoms with Crippen molar-refractivity contribution in [2.24, 2.45) is 5.92 Å². The molecule has 4 aliphatic heterocycles. The van der Waals surface area contributed by atoms with E-state index in [1.54, 1.807) is 0 Å². The summed E-state index contributed by atoms with van der Waals surface area (Å²) >= 11 is 0. The third-order valence-corrected chi connectivity index (χ3v) is 5.65. The fourth-order valence-corrected chi connectivity index (χ4v) is 4.58. The van der Waals surface area contributed by atoms with Gasteiger partial charge in [0.1, 0.15) is 23.9 Å². The van der Waals surface area contributed by atoms with Gasteiger partial charge < -0.3 is 18.9 Å². The molecule has 2 bridgehead atoms. The van der Waals surface area contributed by atoms with Crippen LogP contribution < -0.4 is 0 Å². The summed E-state index contributed by atoms with van der Waals surface area (Å²) in [4.78, 5) is 5.85. The second kappa shape index (κ2) is 5.24. The van der Waals surface area contributed by atoms with Crippen molar-refractivity contribution in [1.82, 2.24) is 5.06 Å². The van der Waals surface area contributed by atoms with Crippen molar-refractivity contribution in [3.8, 4) is 0 Å². The van der Waals surface area contributed by atoms with Gasteiger partial charge in [-0.05, 0) is 5.56 Å². The van der Waals surface area contributed by atoms with Gasteiger partial charge in [-0.25, -0.2) is 0 Å². The molecular weight excluding hydrogens is 298 g/mol. The predicted molar refractivity (Wildman–Crippen MR) is 79.3 cm³/mol. The quantitative estimate of drug-likeness (QED) is 0.827. The summed E-state index contributed by atoms with van der Waals surface area (Å²) in [6, 6.07) is 10.2. The lowest BCUT2D eigenvalue weighted by atomic mass is 9.75. The number of fused-ring (bicyclic) bond motifs is 3. The average Bonchev–Trinajstić information content (AvgIpc) is 3.24. The van der Waals surface area contributed by atoms with Crippen LogP contribution in [-0.2, 0) is 30.4 Å². The van der Waals surface area contributed by atoms with Crippen molar-refractivity contribution in [1.29, 1.82) is 0 Å². The van der Waals surface area contributed by atoms with Crippen LogP contribution in [0.25, 0.3) is 0 Å². The van der Waals surface area contributed by atoms with Crippen molar-refractivity contribution < 1.29 is 23.8 Å². The van der Waals surface area contributed by atoms with Crippen LogP contribution in [0.4, 0.5) is 0 Å². The van der Waals surface area contributed by atoms with Crippen LogP contribution >= 0.6 is 0 Å². The number of nitrogens with zero attached hydrogens (tertiary/aromatic N) is 1. The molecule has 1 aromatic carbocycles. The molecule has 4 saturated heterocycles. The molecular formula is C17H21NO5. The van der Waals surface area contributed by atoms with Gasteiger partial charge in [0.05, 0.1) is 26.4 Å². The zero-order valence-corrected chi connectivity index (χ0v) is 13.1. The van der Waals surface area contributed by atoms with Crippen LogP contribution in [0.3, 0.4) is 0 Å². The lowest BCUT2D eigenvalue weighted by Gasteiger charge is -2.48. The molecule has 1 spiro atoms. The van der Waals surface area contributed by atoms with E-state index in [0.717, 1.165) is 5.56 Å². The second-order valence-electron chi connectivity index (χ2n) is 6.72. The molecule has 6 heteroatoms. The maximum Gasteiger partial charge on any atom is 0.186 e. The Morgan fingerprint density at radius 3 is 2.91 bits per heavy atom. The fraction of sp³-hybridized carbons (Fsp3) is 0.647. The first-order valence-corrected chi connectivity index (χ1v) is 8.21. The SMILES string of the molecule is CN1OC[C@H]2CO[C@@H]3[C@H]4CO[C@H](O4)[C@@H](OCc4ccccc4)[C@]231. The van der Waals surface area contributed by atoms with Gasteiger partial charge in [0.15, 0.2) is 6.29 Å². The highest BCUT2D eigenvalue weighted by Crippen LogP contribution is 2.52. The Hall–Kier alpha value is -1.02. The summed E-state index contributed by atoms with van der Waals surface area (Å²) in [7, 11) is 1.98. The number of ether oxygens (including phenoxy) is 4. The van der Waals surface area contributed by atoms with Crippen molar-refractivity contribution in [2.75, 3.05) is 26.9 Å². The molecule has 6 atom stereocenters. The summed E-state index contributed by atoms with van der Waals surface area (Å²) in [5.41, 5.74) is 0.816. The standard InChI is InChI=1S/C17H21NO5/c1-18-17-12(9-22-18)8-20-14(17)13-10-21-16(23-13)15(17)19-7-11-5-3-2-4-6-11/h2-6,12-16H,7-10H2,1H3/t12-,13-,14-,15-,16-,17+/m1/s1. The third-order valence-electron chi connectivity index (χ3n) is 5.65. The number of hydroxylamine groups is 2. The maximum atomic E-state index is 6.34. The Labute approximate surface area is 135 Å². The summed E-state index contributed by atoms with van der Waals surface area (Å²) in [6.07, 6.45) is -0.690. The minimum absolute atomic E-state index is 0.0364. The zero-order chi connectivity index (χ0) is 15.4. The van der Waals surface area contributed by atoms with Crippen molar-refractivity contribution in [3.63, 3.8) is 0 Å². The molecule has 0 radical (unpaired) electrons. The van der Waals surface area contributed by atoms with Crippen LogP contribution in [0, 0.1) is 5.92 Å². The van der Waals surface area contributed by atoms with Gasteiger partial charge >= 0.3 is 0 Å². The average molecular weight is 319 g/mol. The highest BCUT2D eigenvalue weighted by Gasteiger charge is 2.71. The highest BCUT2D eigenvalue weighted by molar-refractivity contribution is 5.19. The Bertz CT molecular complexity index is 584. The molecule has 124 valence electrons. The number of likely N-dealkylation sites (N-methyl/N-ethyl adjacent to an activating group) is 1. The first-order valence-electron chi connectivity index (χ1n) is 8.21. The minimum atomic E-state index is -0.353. The zero-order valence-electron chi connectivity index (χ0n) is 13.1. The summed E-state index contributed by atoms with van der Waals surface area (Å²) in [5, 5.41) is 1.95. The van der Waals surface area contributed by atoms with Crippen LogP contribution in [0.5, 0.6) is 0 Å². The van der Waals surface area contributed by atoms with Crippen LogP contribution in [0.15, 0.2) is 30.3 Å². The van der Waals surface area contributed by atoms with Crippen molar-refractivity contribution in [3.05, 3.63) is 35.9 Å². The van der Waals surface area contributed by atoms with Gasteiger partial charge in [0.25, 0.3) is 0 Å². The lowest BCUT2D eigenvalue weighted by Crippen LogP contribution is -2.69. The van der Waals surface area contributed by atoms with E-state index in [-0.39, 0.29) is 36.1 Å². The lowest BCUT2D eigenvalue weighted by molar-refractivity contribution is -0.288. The largest absolute Gasteiger partial charge is 0.373 e. The van der Waals surface area contributed by atoms with E-state index in [1.165, 1.54) is 0 Å². The first-order chi connectivity index (χ1) is 11.3. The van der Waals surface area contributed by atoms with Gasteiger partial charge in [-0.15, -0.1) is 0 Å². The van der Waals surface area contributed by atoms with Crippen LogP contribution in [0.1, 0.15) is 5.56 Å². The molecule has 6 nitrogen and oxygen atoms in total. The molecule has 4 fully saturated rings. The fourth-order valence-electron chi connectivity index (χ4n) is 4.58. The Morgan fingerprint density at radius 2 is 2.04 bits per heavy atom. The Kier molecular flexibility index (Phi) is 3.27. The summed E-state index contributed by atoms with van der Waals surface area (Å²) in [5.74, 6) is 0.286. The molecule has 0 unspecified atom stereocenters. The highest BCUT2D eigenvalue weighted by atomic mass is 16.8. The monoisotopic (exact) mass is 319 g/mol. The molecule has 4 aliphatic rings. The molecule has 5 rings (SSSR count). The normalized spacial score (nSPS) is 45.2. The molecule has 0 N–H and O–H groups in total. The van der Waals surface area contributed by atoms with E-state index < -0.39 is 0 Å². The number of rotatable bonds is 3. The van der Waals surface area contributed by atoms with Gasteiger partial charge in [-0.3, -0.25) is 4.84 Å². The Morgan fingerprint density at radius 1 is 1.17 bits per heavy atom. The number of hydrogen-bond acceptors (Lipinski definition) is 6. The number of benzene rings is 1. The molecule has 4 heterocycles. The van der Waals surface area contributed by atoms with E-state index in [1.807, 2.05) is 30.3 Å². The van der Waals surface area contributed by atoms with Gasteiger partial charge in [0.2, 0.25) is 0 Å². The minimum Gasteiger partial charge on any atom is -0.373 e. The molecule has 23 heavy (non-hydrogen) atoms. The van der Waals surface area contributed by atoms with Gasteiger partial charge in [-0.2, -0.15) is 5.06 Å². The van der Waals surface area contributed by atoms with E-state index in [4.69, 9.17) is 23.8 Å². The summed E-state index contributed by atoms with van der Waals surface area (Å²) in [6.45, 7) is 2.43. The van der Waals surface area contributed by atoms with Crippen molar-refractivity contribution in [2.45, 2.75) is 36.7 Å². The third kappa shape index (κ3) is 1.91. The topological polar surface area (TPSA) is 49.4 Å². The van der Waals surface area contributed by atoms with E-state index >= 15 is 0 Å². The van der Waals surface area contributed by atoms with E-state index in [0.29, 0.717) is 26.4 Å². The smallest absolute Gasteiger partial charge is 0.186 e. The molecule has 1 aromatic rings. The van der Waals surface area contributed by atoms with Crippen molar-refractivity contribution >= 4 is 0 Å². The van der Waals surface area contributed by atoms with Gasteiger partial charge in [0, 0.05) is 13.0 Å². The maximum absolute atomic E-state index is 6.34. The number of hydrogen-bond donors (Lipinski definition) is 0. The molecule has 0 aromatic heterocycles. The Balaban J connectivity index is 1.47. The van der Waals surface area contributed by atoms with E-state index in [2.05, 4.69) is 12.1 Å². The molecule has 0 aliphatic carbocycles. The summed E-state index contributed by atoms with van der Waals surface area (Å²) < 4.78 is 24.3. The molecule has 0 saturated carbocycles. The van der Waals surface area contributed by atoms with Crippen LogP contribution in [0.2, 0.25) is 0 Å². The van der Waals surface area contributed by atoms with Crippen LogP contribution in [-0.4, -0.2) is 62.1 Å². The van der Waals surface area contributed by atoms with E-state index in [9.17, 15) is 0 Å².